The number of halogens is 7. The first kappa shape index (κ1) is 14.7. The Morgan fingerprint density at radius 1 is 1.06 bits per heavy atom. The van der Waals surface area contributed by atoms with Crippen LogP contribution in [0.3, 0.4) is 0 Å². The van der Waals surface area contributed by atoms with E-state index in [4.69, 9.17) is 0 Å². The van der Waals surface area contributed by atoms with Crippen LogP contribution in [0.2, 0.25) is 0 Å². The van der Waals surface area contributed by atoms with Gasteiger partial charge in [-0.25, -0.2) is 13.2 Å². The van der Waals surface area contributed by atoms with Gasteiger partial charge in [-0.1, -0.05) is 6.58 Å². The lowest BCUT2D eigenvalue weighted by molar-refractivity contribution is -0.279. The molecule has 9 heteroatoms. The van der Waals surface area contributed by atoms with E-state index in [9.17, 15) is 35.5 Å². The maximum atomic E-state index is 12.7. The number of carbonyl (C=O) groups is 1. The third kappa shape index (κ3) is 2.27. The highest BCUT2D eigenvalue weighted by molar-refractivity contribution is 5.92. The van der Waals surface area contributed by atoms with Crippen LogP contribution in [0.5, 0.6) is 0 Å². The van der Waals surface area contributed by atoms with E-state index in [-0.39, 0.29) is 0 Å². The molecule has 0 bridgehead atoms. The van der Waals surface area contributed by atoms with Gasteiger partial charge in [0.1, 0.15) is 0 Å². The summed E-state index contributed by atoms with van der Waals surface area (Å²) in [4.78, 5) is 10.2. The smallest absolute Gasteiger partial charge is 0.366 e. The van der Waals surface area contributed by atoms with Crippen LogP contribution in [0.1, 0.15) is 0 Å². The van der Waals surface area contributed by atoms with Crippen molar-refractivity contribution >= 4 is 5.91 Å². The van der Waals surface area contributed by atoms with Crippen LogP contribution in [0.4, 0.5) is 30.7 Å². The van der Waals surface area contributed by atoms with Gasteiger partial charge in [0.05, 0.1) is 0 Å². The second-order valence-electron chi connectivity index (χ2n) is 2.80. The van der Waals surface area contributed by atoms with Crippen LogP contribution in [0.25, 0.3) is 0 Å². The highest BCUT2D eigenvalue weighted by atomic mass is 19.3. The molecule has 0 aromatic heterocycles. The second-order valence-corrected chi connectivity index (χ2v) is 2.80. The first-order valence-corrected chi connectivity index (χ1v) is 3.62. The minimum Gasteiger partial charge on any atom is -0.366 e. The second kappa shape index (κ2) is 4.30. The van der Waals surface area contributed by atoms with Crippen LogP contribution in [-0.4, -0.2) is 30.3 Å². The van der Waals surface area contributed by atoms with Crippen molar-refractivity contribution in [3.05, 3.63) is 12.2 Å². The summed E-state index contributed by atoms with van der Waals surface area (Å²) >= 11 is 0. The highest BCUT2D eigenvalue weighted by Gasteiger charge is 2.68. The predicted molar refractivity (Wildman–Crippen MR) is 39.1 cm³/mol. The molecule has 0 saturated heterocycles. The largest absolute Gasteiger partial charge is 0.372 e. The Kier molecular flexibility index (Phi) is 3.96. The molecule has 1 amide bonds. The molecule has 0 fully saturated rings. The molecule has 0 saturated carbocycles. The number of carbonyl (C=O) groups excluding carboxylic acids is 1. The maximum absolute atomic E-state index is 12.7. The molecule has 0 aliphatic rings. The topological polar surface area (TPSA) is 43.1 Å². The zero-order chi connectivity index (χ0) is 13.3. The van der Waals surface area contributed by atoms with Gasteiger partial charge in [0, 0.05) is 5.57 Å². The van der Waals surface area contributed by atoms with E-state index >= 15 is 0 Å². The fraction of sp³-hybridized carbons (Fsp3) is 0.571. The molecule has 2 nitrogen and oxygen atoms in total. The van der Waals surface area contributed by atoms with Crippen molar-refractivity contribution < 1.29 is 35.5 Å². The Bertz CT molecular complexity index is 301. The van der Waals surface area contributed by atoms with Crippen molar-refractivity contribution in [3.63, 3.8) is 0 Å². The monoisotopic (exact) mass is 253 g/mol. The summed E-state index contributed by atoms with van der Waals surface area (Å²) in [5.41, 5.74) is 2.61. The van der Waals surface area contributed by atoms with E-state index in [2.05, 4.69) is 12.3 Å². The first-order chi connectivity index (χ1) is 6.96. The SMILES string of the molecule is C=C(C(N)=O)C(F)C(F)(F)C(F)(F)C(F)F. The molecule has 0 aliphatic heterocycles. The van der Waals surface area contributed by atoms with Gasteiger partial charge < -0.3 is 5.73 Å². The summed E-state index contributed by atoms with van der Waals surface area (Å²) in [5.74, 6) is -13.5. The van der Waals surface area contributed by atoms with Crippen LogP contribution in [0.15, 0.2) is 12.2 Å². The van der Waals surface area contributed by atoms with E-state index in [1.807, 2.05) is 0 Å². The Balaban J connectivity index is 5.20. The molecular weight excluding hydrogens is 247 g/mol. The lowest BCUT2D eigenvalue weighted by Crippen LogP contribution is -2.53. The van der Waals surface area contributed by atoms with Gasteiger partial charge in [0.25, 0.3) is 0 Å². The molecule has 0 rings (SSSR count). The average molecular weight is 253 g/mol. The summed E-state index contributed by atoms with van der Waals surface area (Å²) in [6, 6.07) is 0. The normalized spacial score (nSPS) is 15.0. The molecule has 1 atom stereocenters. The molecule has 2 N–H and O–H groups in total. The van der Waals surface area contributed by atoms with Gasteiger partial charge in [0.15, 0.2) is 6.17 Å². The fourth-order valence-electron chi connectivity index (χ4n) is 0.658. The molecule has 0 aromatic carbocycles. The molecule has 0 heterocycles. The number of primary amides is 1. The summed E-state index contributed by atoms with van der Waals surface area (Å²) in [6.07, 6.45) is -8.77. The van der Waals surface area contributed by atoms with E-state index in [1.165, 1.54) is 0 Å². The first-order valence-electron chi connectivity index (χ1n) is 3.62. The third-order valence-corrected chi connectivity index (χ3v) is 1.66. The van der Waals surface area contributed by atoms with Crippen molar-refractivity contribution in [1.29, 1.82) is 0 Å². The number of alkyl halides is 7. The molecule has 94 valence electrons. The molecule has 16 heavy (non-hydrogen) atoms. The lowest BCUT2D eigenvalue weighted by Gasteiger charge is -2.28. The van der Waals surface area contributed by atoms with Crippen LogP contribution < -0.4 is 5.73 Å². The van der Waals surface area contributed by atoms with Gasteiger partial charge >= 0.3 is 18.3 Å². The minimum atomic E-state index is -5.93. The Morgan fingerprint density at radius 2 is 1.44 bits per heavy atom. The van der Waals surface area contributed by atoms with Crippen molar-refractivity contribution in [2.24, 2.45) is 5.73 Å². The Labute approximate surface area is 84.9 Å². The lowest BCUT2D eigenvalue weighted by atomic mass is 10.0. The number of hydrogen-bond donors (Lipinski definition) is 1. The number of nitrogens with two attached hydrogens (primary N) is 1. The average Bonchev–Trinajstić information content (AvgIpc) is 2.14. The van der Waals surface area contributed by atoms with Gasteiger partial charge in [-0.15, -0.1) is 0 Å². The number of hydrogen-bond acceptors (Lipinski definition) is 1. The van der Waals surface area contributed by atoms with Crippen molar-refractivity contribution in [3.8, 4) is 0 Å². The van der Waals surface area contributed by atoms with E-state index in [0.717, 1.165) is 0 Å². The van der Waals surface area contributed by atoms with E-state index < -0.39 is 35.9 Å². The molecule has 0 aliphatic carbocycles. The summed E-state index contributed by atoms with van der Waals surface area (Å²) < 4.78 is 85.6. The van der Waals surface area contributed by atoms with Crippen LogP contribution >= 0.6 is 0 Å². The van der Waals surface area contributed by atoms with Gasteiger partial charge in [-0.05, 0) is 0 Å². The van der Waals surface area contributed by atoms with Crippen molar-refractivity contribution in [2.45, 2.75) is 24.4 Å². The van der Waals surface area contributed by atoms with Crippen LogP contribution in [0, 0.1) is 0 Å². The zero-order valence-electron chi connectivity index (χ0n) is 7.49. The maximum Gasteiger partial charge on any atom is 0.372 e. The fourth-order valence-corrected chi connectivity index (χ4v) is 0.658. The van der Waals surface area contributed by atoms with Crippen molar-refractivity contribution in [1.82, 2.24) is 0 Å². The number of rotatable bonds is 5. The molecular formula is C7H6F7NO. The zero-order valence-corrected chi connectivity index (χ0v) is 7.49. The summed E-state index contributed by atoms with van der Waals surface area (Å²) in [6.45, 7) is 2.39. The van der Waals surface area contributed by atoms with Crippen LogP contribution in [-0.2, 0) is 4.79 Å². The molecule has 0 radical (unpaired) electrons. The van der Waals surface area contributed by atoms with Gasteiger partial charge in [-0.3, -0.25) is 4.79 Å². The number of amides is 1. The summed E-state index contributed by atoms with van der Waals surface area (Å²) in [5, 5.41) is 0. The van der Waals surface area contributed by atoms with Crippen molar-refractivity contribution in [2.75, 3.05) is 0 Å². The van der Waals surface area contributed by atoms with E-state index in [0.29, 0.717) is 0 Å². The van der Waals surface area contributed by atoms with E-state index in [1.54, 1.807) is 0 Å². The summed E-state index contributed by atoms with van der Waals surface area (Å²) in [7, 11) is 0. The highest BCUT2D eigenvalue weighted by Crippen LogP contribution is 2.44. The Morgan fingerprint density at radius 3 is 1.69 bits per heavy atom. The molecule has 0 spiro atoms. The predicted octanol–water partition coefficient (Wildman–Crippen LogP) is 1.90. The van der Waals surface area contributed by atoms with Gasteiger partial charge in [-0.2, -0.15) is 17.6 Å². The minimum absolute atomic E-state index is 1.70. The molecule has 1 unspecified atom stereocenters. The Hall–Kier alpha value is -1.28. The standard InChI is InChI=1S/C7H6F7NO/c1-2(4(15)16)3(8)6(11,12)7(13,14)5(9)10/h3,5H,1H2,(H2,15,16). The quantitative estimate of drug-likeness (QED) is 0.590. The third-order valence-electron chi connectivity index (χ3n) is 1.66. The molecule has 0 aromatic rings. The van der Waals surface area contributed by atoms with Gasteiger partial charge in [0.2, 0.25) is 5.91 Å².